The summed E-state index contributed by atoms with van der Waals surface area (Å²) in [6, 6.07) is -0.658. The molecule has 0 fully saturated rings. The van der Waals surface area contributed by atoms with Gasteiger partial charge in [-0.2, -0.15) is 0 Å². The standard InChI is InChI=1S/C13H23NO3/c1-5-7-8-10(3)12(16)14-11(9-15)13(4,17)6-2/h5,7-8,11,15,17H,6,9H2,1-4H3,(H,14,16)/b7-5+,10-8+/t11-,13+/m0/s1. The van der Waals surface area contributed by atoms with Crippen LogP contribution in [0.2, 0.25) is 0 Å². The van der Waals surface area contributed by atoms with Crippen molar-refractivity contribution in [1.82, 2.24) is 5.32 Å². The first-order valence-electron chi connectivity index (χ1n) is 5.82. The molecule has 1 amide bonds. The molecule has 98 valence electrons. The molecule has 0 saturated carbocycles. The summed E-state index contributed by atoms with van der Waals surface area (Å²) < 4.78 is 0. The van der Waals surface area contributed by atoms with Crippen LogP contribution in [0.3, 0.4) is 0 Å². The molecule has 0 radical (unpaired) electrons. The van der Waals surface area contributed by atoms with Crippen LogP contribution in [-0.2, 0) is 4.79 Å². The average molecular weight is 241 g/mol. The maximum Gasteiger partial charge on any atom is 0.247 e. The molecule has 0 saturated heterocycles. The van der Waals surface area contributed by atoms with E-state index in [-0.39, 0.29) is 12.5 Å². The molecule has 0 heterocycles. The Morgan fingerprint density at radius 2 is 2.12 bits per heavy atom. The Morgan fingerprint density at radius 3 is 2.53 bits per heavy atom. The lowest BCUT2D eigenvalue weighted by molar-refractivity contribution is -0.121. The topological polar surface area (TPSA) is 69.6 Å². The van der Waals surface area contributed by atoms with Crippen LogP contribution in [-0.4, -0.2) is 34.4 Å². The predicted molar refractivity (Wildman–Crippen MR) is 68.5 cm³/mol. The second-order valence-electron chi connectivity index (χ2n) is 4.29. The van der Waals surface area contributed by atoms with Gasteiger partial charge >= 0.3 is 0 Å². The number of carbonyl (C=O) groups is 1. The fraction of sp³-hybridized carbons (Fsp3) is 0.615. The van der Waals surface area contributed by atoms with Crippen molar-refractivity contribution in [2.75, 3.05) is 6.61 Å². The second-order valence-corrected chi connectivity index (χ2v) is 4.29. The quantitative estimate of drug-likeness (QED) is 0.482. The summed E-state index contributed by atoms with van der Waals surface area (Å²) in [4.78, 5) is 11.7. The molecular weight excluding hydrogens is 218 g/mol. The van der Waals surface area contributed by atoms with E-state index in [4.69, 9.17) is 0 Å². The monoisotopic (exact) mass is 241 g/mol. The van der Waals surface area contributed by atoms with Crippen molar-refractivity contribution < 1.29 is 15.0 Å². The smallest absolute Gasteiger partial charge is 0.247 e. The van der Waals surface area contributed by atoms with Crippen LogP contribution >= 0.6 is 0 Å². The van der Waals surface area contributed by atoms with Crippen molar-refractivity contribution in [3.63, 3.8) is 0 Å². The first kappa shape index (κ1) is 15.9. The normalized spacial score (nSPS) is 17.9. The molecule has 0 spiro atoms. The van der Waals surface area contributed by atoms with E-state index < -0.39 is 11.6 Å². The lowest BCUT2D eigenvalue weighted by Gasteiger charge is -2.31. The Morgan fingerprint density at radius 1 is 1.53 bits per heavy atom. The molecule has 0 unspecified atom stereocenters. The SMILES string of the molecule is C/C=C/C=C(\C)C(=O)N[C@@H](CO)[C@](C)(O)CC. The number of rotatable bonds is 6. The zero-order valence-corrected chi connectivity index (χ0v) is 11.0. The number of amides is 1. The number of allylic oxidation sites excluding steroid dienone is 3. The summed E-state index contributed by atoms with van der Waals surface area (Å²) in [7, 11) is 0. The molecule has 2 atom stereocenters. The van der Waals surface area contributed by atoms with Gasteiger partial charge < -0.3 is 15.5 Å². The van der Waals surface area contributed by atoms with E-state index in [0.717, 1.165) is 0 Å². The minimum atomic E-state index is -1.11. The van der Waals surface area contributed by atoms with Gasteiger partial charge in [-0.1, -0.05) is 25.2 Å². The van der Waals surface area contributed by atoms with Crippen molar-refractivity contribution in [2.24, 2.45) is 0 Å². The third-order valence-electron chi connectivity index (χ3n) is 2.85. The molecule has 0 aliphatic carbocycles. The Hall–Kier alpha value is -1.13. The zero-order valence-electron chi connectivity index (χ0n) is 11.0. The Bertz CT molecular complexity index is 306. The summed E-state index contributed by atoms with van der Waals surface area (Å²) >= 11 is 0. The number of nitrogens with one attached hydrogen (secondary N) is 1. The van der Waals surface area contributed by atoms with Gasteiger partial charge in [0.25, 0.3) is 0 Å². The van der Waals surface area contributed by atoms with E-state index >= 15 is 0 Å². The molecule has 0 aromatic rings. The van der Waals surface area contributed by atoms with Gasteiger partial charge in [0.1, 0.15) is 0 Å². The van der Waals surface area contributed by atoms with Crippen molar-refractivity contribution in [1.29, 1.82) is 0 Å². The van der Waals surface area contributed by atoms with Gasteiger partial charge in [0.05, 0.1) is 18.2 Å². The van der Waals surface area contributed by atoms with Gasteiger partial charge in [0.2, 0.25) is 5.91 Å². The first-order valence-corrected chi connectivity index (χ1v) is 5.82. The molecule has 0 aromatic heterocycles. The summed E-state index contributed by atoms with van der Waals surface area (Å²) in [5.74, 6) is -0.282. The predicted octanol–water partition coefficient (Wildman–Crippen LogP) is 1.15. The summed E-state index contributed by atoms with van der Waals surface area (Å²) in [5, 5.41) is 21.8. The molecule has 17 heavy (non-hydrogen) atoms. The molecule has 0 aliphatic heterocycles. The van der Waals surface area contributed by atoms with Gasteiger partial charge in [-0.05, 0) is 27.2 Å². The number of hydrogen-bond acceptors (Lipinski definition) is 3. The van der Waals surface area contributed by atoms with E-state index in [2.05, 4.69) is 5.32 Å². The zero-order chi connectivity index (χ0) is 13.5. The van der Waals surface area contributed by atoms with Crippen LogP contribution in [0.25, 0.3) is 0 Å². The molecule has 3 N–H and O–H groups in total. The van der Waals surface area contributed by atoms with Crippen molar-refractivity contribution >= 4 is 5.91 Å². The molecule has 0 rings (SSSR count). The van der Waals surface area contributed by atoms with Crippen molar-refractivity contribution in [3.8, 4) is 0 Å². The van der Waals surface area contributed by atoms with E-state index in [1.165, 1.54) is 0 Å². The average Bonchev–Trinajstić information content (AvgIpc) is 2.32. The Labute approximate surface area is 103 Å². The molecule has 0 bridgehead atoms. The van der Waals surface area contributed by atoms with Crippen LogP contribution in [0.15, 0.2) is 23.8 Å². The Balaban J connectivity index is 4.65. The van der Waals surface area contributed by atoms with Crippen LogP contribution in [0.5, 0.6) is 0 Å². The van der Waals surface area contributed by atoms with Gasteiger partial charge in [-0.3, -0.25) is 4.79 Å². The highest BCUT2D eigenvalue weighted by Gasteiger charge is 2.30. The number of carbonyl (C=O) groups excluding carboxylic acids is 1. The number of aliphatic hydroxyl groups is 2. The minimum absolute atomic E-state index is 0.282. The molecule has 4 nitrogen and oxygen atoms in total. The number of aliphatic hydroxyl groups excluding tert-OH is 1. The molecular formula is C13H23NO3. The van der Waals surface area contributed by atoms with Crippen molar-refractivity contribution in [3.05, 3.63) is 23.8 Å². The Kier molecular flexibility index (Phi) is 6.76. The molecule has 4 heteroatoms. The van der Waals surface area contributed by atoms with Crippen LogP contribution < -0.4 is 5.32 Å². The van der Waals surface area contributed by atoms with Gasteiger partial charge in [0, 0.05) is 5.57 Å². The van der Waals surface area contributed by atoms with Gasteiger partial charge in [-0.25, -0.2) is 0 Å². The highest BCUT2D eigenvalue weighted by Crippen LogP contribution is 2.14. The third kappa shape index (κ3) is 5.15. The fourth-order valence-corrected chi connectivity index (χ4v) is 1.23. The number of hydrogen-bond donors (Lipinski definition) is 3. The first-order chi connectivity index (χ1) is 7.88. The van der Waals surface area contributed by atoms with Gasteiger partial charge in [-0.15, -0.1) is 0 Å². The van der Waals surface area contributed by atoms with E-state index in [9.17, 15) is 15.0 Å². The largest absolute Gasteiger partial charge is 0.394 e. The van der Waals surface area contributed by atoms with Crippen LogP contribution in [0, 0.1) is 0 Å². The second kappa shape index (κ2) is 7.25. The van der Waals surface area contributed by atoms with Crippen LogP contribution in [0.1, 0.15) is 34.1 Å². The minimum Gasteiger partial charge on any atom is -0.394 e. The van der Waals surface area contributed by atoms with E-state index in [1.807, 2.05) is 13.0 Å². The highest BCUT2D eigenvalue weighted by molar-refractivity contribution is 5.93. The lowest BCUT2D eigenvalue weighted by Crippen LogP contribution is -2.53. The van der Waals surface area contributed by atoms with Gasteiger partial charge in [0.15, 0.2) is 0 Å². The molecule has 0 aliphatic rings. The summed E-state index contributed by atoms with van der Waals surface area (Å²) in [6.45, 7) is 6.66. The highest BCUT2D eigenvalue weighted by atomic mass is 16.3. The molecule has 0 aromatic carbocycles. The van der Waals surface area contributed by atoms with Crippen molar-refractivity contribution in [2.45, 2.75) is 45.8 Å². The van der Waals surface area contributed by atoms with E-state index in [0.29, 0.717) is 12.0 Å². The van der Waals surface area contributed by atoms with Crippen LogP contribution in [0.4, 0.5) is 0 Å². The van der Waals surface area contributed by atoms with E-state index in [1.54, 1.807) is 32.9 Å². The maximum absolute atomic E-state index is 11.7. The maximum atomic E-state index is 11.7. The fourth-order valence-electron chi connectivity index (χ4n) is 1.23. The summed E-state index contributed by atoms with van der Waals surface area (Å²) in [6.07, 6.45) is 5.73. The lowest BCUT2D eigenvalue weighted by atomic mass is 9.94. The third-order valence-corrected chi connectivity index (χ3v) is 2.85. The summed E-state index contributed by atoms with van der Waals surface area (Å²) in [5.41, 5.74) is -0.570.